The Morgan fingerprint density at radius 3 is 2.50 bits per heavy atom. The van der Waals surface area contributed by atoms with Gasteiger partial charge in [-0.3, -0.25) is 0 Å². The van der Waals surface area contributed by atoms with E-state index in [0.29, 0.717) is 0 Å². The maximum Gasteiger partial charge on any atom is 0.0738 e. The molecule has 3 heteroatoms. The molecule has 3 N–H and O–H groups in total. The third kappa shape index (κ3) is 2.50. The summed E-state index contributed by atoms with van der Waals surface area (Å²) >= 11 is 1.45. The summed E-state index contributed by atoms with van der Waals surface area (Å²) in [5.74, 6) is 0. The van der Waals surface area contributed by atoms with Gasteiger partial charge in [0, 0.05) is 0 Å². The highest BCUT2D eigenvalue weighted by atomic mass is 32.2. The Hall–Kier alpha value is 0.270. The summed E-state index contributed by atoms with van der Waals surface area (Å²) in [4.78, 5) is 0. The lowest BCUT2D eigenvalue weighted by molar-refractivity contribution is 0.297. The van der Waals surface area contributed by atoms with Gasteiger partial charge < -0.3 is 10.8 Å². The topological polar surface area (TPSA) is 46.2 Å². The molecule has 0 rings (SSSR count). The molecular weight excluding hydrogens is 98.1 g/mol. The maximum absolute atomic E-state index is 8.19. The molecule has 6 heavy (non-hydrogen) atoms. The molecule has 38 valence electrons. The first-order valence-electron chi connectivity index (χ1n) is 1.70. The monoisotopic (exact) mass is 107 g/mol. The van der Waals surface area contributed by atoms with E-state index in [2.05, 4.69) is 0 Å². The molecule has 1 unspecified atom stereocenters. The van der Waals surface area contributed by atoms with E-state index in [1.165, 1.54) is 11.8 Å². The van der Waals surface area contributed by atoms with Crippen molar-refractivity contribution in [2.75, 3.05) is 12.9 Å². The number of nitrogens with two attached hydrogens (primary N) is 1. The average Bonchev–Trinajstić information content (AvgIpc) is 1.65. The predicted octanol–water partition coefficient (Wildman–Crippen LogP) is -0.373. The maximum atomic E-state index is 8.19. The van der Waals surface area contributed by atoms with Crippen molar-refractivity contribution in [1.29, 1.82) is 0 Å². The molecule has 0 radical (unpaired) electrons. The van der Waals surface area contributed by atoms with Crippen LogP contribution in [0.3, 0.4) is 0 Å². The van der Waals surface area contributed by atoms with Crippen LogP contribution in [0.25, 0.3) is 0 Å². The summed E-state index contributed by atoms with van der Waals surface area (Å²) in [5.41, 5.74) is 5.19. The molecule has 0 spiro atoms. The van der Waals surface area contributed by atoms with Gasteiger partial charge in [-0.1, -0.05) is 0 Å². The second-order valence-electron chi connectivity index (χ2n) is 0.957. The van der Waals surface area contributed by atoms with Gasteiger partial charge in [-0.05, 0) is 6.26 Å². The standard InChI is InChI=1S/C3H9NOS/c1-6-3(4)2-5/h3,5H,2,4H2,1H3. The zero-order valence-corrected chi connectivity index (χ0v) is 4.53. The molecule has 0 saturated carbocycles. The zero-order chi connectivity index (χ0) is 4.99. The quantitative estimate of drug-likeness (QED) is 0.473. The summed E-state index contributed by atoms with van der Waals surface area (Å²) in [5, 5.41) is 8.10. The van der Waals surface area contributed by atoms with Gasteiger partial charge in [0.2, 0.25) is 0 Å². The first-order chi connectivity index (χ1) is 2.81. The molecule has 0 aliphatic rings. The van der Waals surface area contributed by atoms with Crippen LogP contribution in [0.2, 0.25) is 0 Å². The molecule has 0 fully saturated rings. The molecule has 1 atom stereocenters. The Kier molecular flexibility index (Phi) is 3.62. The fourth-order valence-electron chi connectivity index (χ4n) is 0.0745. The van der Waals surface area contributed by atoms with Gasteiger partial charge in [-0.25, -0.2) is 0 Å². The summed E-state index contributed by atoms with van der Waals surface area (Å²) < 4.78 is 0. The van der Waals surface area contributed by atoms with Crippen molar-refractivity contribution in [3.63, 3.8) is 0 Å². The number of aliphatic hydroxyl groups is 1. The van der Waals surface area contributed by atoms with Crippen molar-refractivity contribution in [3.8, 4) is 0 Å². The highest BCUT2D eigenvalue weighted by Crippen LogP contribution is 1.94. The largest absolute Gasteiger partial charge is 0.394 e. The van der Waals surface area contributed by atoms with Crippen molar-refractivity contribution < 1.29 is 5.11 Å². The second-order valence-corrected chi connectivity index (χ2v) is 2.03. The molecule has 0 aromatic heterocycles. The van der Waals surface area contributed by atoms with E-state index in [-0.39, 0.29) is 12.0 Å². The van der Waals surface area contributed by atoms with Crippen LogP contribution in [-0.2, 0) is 0 Å². The van der Waals surface area contributed by atoms with E-state index < -0.39 is 0 Å². The van der Waals surface area contributed by atoms with Crippen LogP contribution in [0, 0.1) is 0 Å². The third-order valence-electron chi connectivity index (χ3n) is 0.483. The molecule has 0 aliphatic heterocycles. The molecule has 0 heterocycles. The van der Waals surface area contributed by atoms with Crippen molar-refractivity contribution in [3.05, 3.63) is 0 Å². The zero-order valence-electron chi connectivity index (χ0n) is 3.72. The van der Waals surface area contributed by atoms with Crippen LogP contribution >= 0.6 is 11.8 Å². The van der Waals surface area contributed by atoms with Gasteiger partial charge in [0.05, 0.1) is 12.0 Å². The smallest absolute Gasteiger partial charge is 0.0738 e. The fourth-order valence-corrected chi connectivity index (χ4v) is 0.224. The molecule has 0 aromatic rings. The number of hydrogen-bond acceptors (Lipinski definition) is 3. The Balaban J connectivity index is 2.75. The molecule has 0 aromatic carbocycles. The summed E-state index contributed by atoms with van der Waals surface area (Å²) in [6.07, 6.45) is 1.86. The predicted molar refractivity (Wildman–Crippen MR) is 28.6 cm³/mol. The van der Waals surface area contributed by atoms with Crippen molar-refractivity contribution in [2.45, 2.75) is 5.37 Å². The van der Waals surface area contributed by atoms with E-state index in [1.807, 2.05) is 6.26 Å². The van der Waals surface area contributed by atoms with Crippen LogP contribution in [-0.4, -0.2) is 23.3 Å². The minimum Gasteiger partial charge on any atom is -0.394 e. The van der Waals surface area contributed by atoms with Crippen molar-refractivity contribution in [2.24, 2.45) is 5.73 Å². The number of rotatable bonds is 2. The fraction of sp³-hybridized carbons (Fsp3) is 1.00. The highest BCUT2D eigenvalue weighted by Gasteiger charge is 1.90. The number of thioether (sulfide) groups is 1. The van der Waals surface area contributed by atoms with E-state index in [4.69, 9.17) is 10.8 Å². The van der Waals surface area contributed by atoms with Crippen LogP contribution in [0.15, 0.2) is 0 Å². The summed E-state index contributed by atoms with van der Waals surface area (Å²) in [6.45, 7) is 0.0706. The number of hydrogen-bond donors (Lipinski definition) is 2. The average molecular weight is 107 g/mol. The Labute approximate surface area is 41.7 Å². The van der Waals surface area contributed by atoms with E-state index in [0.717, 1.165) is 0 Å². The first-order valence-corrected chi connectivity index (χ1v) is 2.99. The molecule has 0 saturated heterocycles. The lowest BCUT2D eigenvalue weighted by atomic mass is 10.7. The highest BCUT2D eigenvalue weighted by molar-refractivity contribution is 7.99. The van der Waals surface area contributed by atoms with Crippen LogP contribution in [0.1, 0.15) is 0 Å². The molecule has 2 nitrogen and oxygen atoms in total. The summed E-state index contributed by atoms with van der Waals surface area (Å²) in [6, 6.07) is 0. The lowest BCUT2D eigenvalue weighted by Gasteiger charge is -1.98. The minimum atomic E-state index is -0.0926. The van der Waals surface area contributed by atoms with Gasteiger partial charge in [-0.15, -0.1) is 11.8 Å². The van der Waals surface area contributed by atoms with Crippen LogP contribution in [0.5, 0.6) is 0 Å². The summed E-state index contributed by atoms with van der Waals surface area (Å²) in [7, 11) is 0. The van der Waals surface area contributed by atoms with Crippen molar-refractivity contribution in [1.82, 2.24) is 0 Å². The van der Waals surface area contributed by atoms with E-state index in [9.17, 15) is 0 Å². The van der Waals surface area contributed by atoms with E-state index >= 15 is 0 Å². The van der Waals surface area contributed by atoms with Crippen LogP contribution < -0.4 is 5.73 Å². The second kappa shape index (κ2) is 3.46. The molecule has 0 aliphatic carbocycles. The first kappa shape index (κ1) is 6.27. The molecule has 0 bridgehead atoms. The Bertz CT molecular complexity index is 30.0. The third-order valence-corrected chi connectivity index (χ3v) is 1.24. The van der Waals surface area contributed by atoms with Gasteiger partial charge in [-0.2, -0.15) is 0 Å². The normalized spacial score (nSPS) is 14.5. The van der Waals surface area contributed by atoms with Gasteiger partial charge in [0.25, 0.3) is 0 Å². The van der Waals surface area contributed by atoms with E-state index in [1.54, 1.807) is 0 Å². The Morgan fingerprint density at radius 2 is 2.50 bits per heavy atom. The van der Waals surface area contributed by atoms with Crippen molar-refractivity contribution >= 4 is 11.8 Å². The van der Waals surface area contributed by atoms with Gasteiger partial charge in [0.1, 0.15) is 0 Å². The number of aliphatic hydroxyl groups excluding tert-OH is 1. The van der Waals surface area contributed by atoms with Gasteiger partial charge in [0.15, 0.2) is 0 Å². The Morgan fingerprint density at radius 1 is 2.00 bits per heavy atom. The SMILES string of the molecule is CSC(N)CO. The molecule has 0 amide bonds. The van der Waals surface area contributed by atoms with Crippen LogP contribution in [0.4, 0.5) is 0 Å². The van der Waals surface area contributed by atoms with Gasteiger partial charge >= 0.3 is 0 Å². The molecular formula is C3H9NOS. The minimum absolute atomic E-state index is 0.0706. The lowest BCUT2D eigenvalue weighted by Crippen LogP contribution is -2.18.